The lowest BCUT2D eigenvalue weighted by Gasteiger charge is -2.21. The zero-order chi connectivity index (χ0) is 12.3. The van der Waals surface area contributed by atoms with Gasteiger partial charge in [-0.15, -0.1) is 0 Å². The van der Waals surface area contributed by atoms with E-state index in [-0.39, 0.29) is 0 Å². The Kier molecular flexibility index (Phi) is 9.87. The van der Waals surface area contributed by atoms with Gasteiger partial charge in [0.25, 0.3) is 0 Å². The summed E-state index contributed by atoms with van der Waals surface area (Å²) in [5.41, 5.74) is 0. The molecular weight excluding hydrogens is 218 g/mol. The number of aliphatic imine (C=N–C) groups is 1. The molecule has 0 aliphatic rings. The third-order valence-electron chi connectivity index (χ3n) is 2.33. The van der Waals surface area contributed by atoms with Gasteiger partial charge in [-0.2, -0.15) is 0 Å². The van der Waals surface area contributed by atoms with Crippen molar-refractivity contribution in [3.63, 3.8) is 0 Å². The maximum Gasteiger partial charge on any atom is 0.380 e. The summed E-state index contributed by atoms with van der Waals surface area (Å²) in [6.07, 6.45) is 5.03. The van der Waals surface area contributed by atoms with Gasteiger partial charge in [0, 0.05) is 25.6 Å². The average Bonchev–Trinajstić information content (AvgIpc) is 2.24. The van der Waals surface area contributed by atoms with Crippen LogP contribution in [0.4, 0.5) is 0 Å². The minimum Gasteiger partial charge on any atom is -0.391 e. The molecule has 3 nitrogen and oxygen atoms in total. The van der Waals surface area contributed by atoms with Crippen molar-refractivity contribution in [1.29, 1.82) is 0 Å². The summed E-state index contributed by atoms with van der Waals surface area (Å²) in [4.78, 5) is 4.44. The molecule has 0 saturated carbocycles. The molecule has 0 aromatic carbocycles. The molecule has 0 aliphatic heterocycles. The molecule has 0 aliphatic carbocycles. The topological polar surface area (TPSA) is 30.8 Å². The van der Waals surface area contributed by atoms with Gasteiger partial charge in [0.2, 0.25) is 0 Å². The van der Waals surface area contributed by atoms with Crippen LogP contribution in [0.1, 0.15) is 46.5 Å². The monoisotopic (exact) mass is 245 g/mol. The fourth-order valence-electron chi connectivity index (χ4n) is 1.55. The van der Waals surface area contributed by atoms with Crippen LogP contribution in [0, 0.1) is 0 Å². The summed E-state index contributed by atoms with van der Waals surface area (Å²) < 4.78 is 11.3. The van der Waals surface area contributed by atoms with Gasteiger partial charge in [0.15, 0.2) is 0 Å². The summed E-state index contributed by atoms with van der Waals surface area (Å²) in [5, 5.41) is 0. The average molecular weight is 245 g/mol. The molecule has 0 rings (SSSR count). The molecule has 0 aromatic heterocycles. The molecule has 0 aromatic rings. The standard InChI is InChI=1S/C12H27NO2Si/c1-5-8-9-10-11-13-12-16(4,14-6-2)15-7-3/h12H,5-11H2,1-4H3. The molecule has 0 fully saturated rings. The highest BCUT2D eigenvalue weighted by Crippen LogP contribution is 2.05. The van der Waals surface area contributed by atoms with Crippen LogP contribution >= 0.6 is 0 Å². The van der Waals surface area contributed by atoms with Crippen molar-refractivity contribution in [2.24, 2.45) is 4.99 Å². The molecule has 4 heteroatoms. The van der Waals surface area contributed by atoms with Gasteiger partial charge in [0.1, 0.15) is 0 Å². The predicted octanol–water partition coefficient (Wildman–Crippen LogP) is 3.32. The first-order valence-corrected chi connectivity index (χ1v) is 8.86. The first kappa shape index (κ1) is 15.8. The number of rotatable bonds is 10. The minimum atomic E-state index is -2.11. The van der Waals surface area contributed by atoms with E-state index in [4.69, 9.17) is 8.85 Å². The number of hydrogen-bond acceptors (Lipinski definition) is 3. The van der Waals surface area contributed by atoms with E-state index < -0.39 is 8.56 Å². The lowest BCUT2D eigenvalue weighted by molar-refractivity contribution is 0.207. The Labute approximate surface area is 102 Å². The van der Waals surface area contributed by atoms with Gasteiger partial charge < -0.3 is 8.85 Å². The van der Waals surface area contributed by atoms with Gasteiger partial charge in [-0.3, -0.25) is 4.99 Å². The second-order valence-corrected chi connectivity index (χ2v) is 6.85. The SMILES string of the molecule is CCCCCCN=C[Si](C)(OCC)OCC. The molecular formula is C12H27NO2Si. The lowest BCUT2D eigenvalue weighted by Crippen LogP contribution is -2.41. The maximum atomic E-state index is 5.66. The van der Waals surface area contributed by atoms with Crippen LogP contribution in [0.15, 0.2) is 4.99 Å². The summed E-state index contributed by atoms with van der Waals surface area (Å²) in [6, 6.07) is 0. The highest BCUT2D eigenvalue weighted by Gasteiger charge is 2.28. The van der Waals surface area contributed by atoms with E-state index in [1.807, 2.05) is 19.7 Å². The van der Waals surface area contributed by atoms with E-state index in [9.17, 15) is 0 Å². The minimum absolute atomic E-state index is 0.699. The van der Waals surface area contributed by atoms with Crippen LogP contribution in [0.25, 0.3) is 0 Å². The van der Waals surface area contributed by atoms with Crippen molar-refractivity contribution in [2.75, 3.05) is 19.8 Å². The Bertz CT molecular complexity index is 180. The molecule has 0 unspecified atom stereocenters. The van der Waals surface area contributed by atoms with Gasteiger partial charge in [-0.25, -0.2) is 0 Å². The van der Waals surface area contributed by atoms with Crippen LogP contribution in [-0.2, 0) is 8.85 Å². The van der Waals surface area contributed by atoms with Crippen molar-refractivity contribution >= 4 is 14.4 Å². The zero-order valence-corrected chi connectivity index (χ0v) is 12.3. The smallest absolute Gasteiger partial charge is 0.380 e. The molecule has 0 amide bonds. The van der Waals surface area contributed by atoms with E-state index in [1.165, 1.54) is 25.7 Å². The van der Waals surface area contributed by atoms with Crippen LogP contribution in [-0.4, -0.2) is 34.2 Å². The second-order valence-electron chi connectivity index (χ2n) is 3.98. The van der Waals surface area contributed by atoms with Crippen molar-refractivity contribution in [2.45, 2.75) is 53.0 Å². The summed E-state index contributed by atoms with van der Waals surface area (Å²) in [6.45, 7) is 10.6. The number of nitrogens with zero attached hydrogens (tertiary/aromatic N) is 1. The first-order chi connectivity index (χ1) is 7.68. The Hall–Kier alpha value is -0.193. The highest BCUT2D eigenvalue weighted by atomic mass is 28.4. The fraction of sp³-hybridized carbons (Fsp3) is 0.917. The Morgan fingerprint density at radius 1 is 1.00 bits per heavy atom. The van der Waals surface area contributed by atoms with Crippen molar-refractivity contribution in [3.8, 4) is 0 Å². The van der Waals surface area contributed by atoms with Crippen molar-refractivity contribution in [1.82, 2.24) is 0 Å². The van der Waals surface area contributed by atoms with Crippen LogP contribution in [0.5, 0.6) is 0 Å². The third kappa shape index (κ3) is 8.02. The van der Waals surface area contributed by atoms with Gasteiger partial charge >= 0.3 is 8.56 Å². The molecule has 0 bridgehead atoms. The number of hydrogen-bond donors (Lipinski definition) is 0. The quantitative estimate of drug-likeness (QED) is 0.336. The van der Waals surface area contributed by atoms with Crippen molar-refractivity contribution in [3.05, 3.63) is 0 Å². The third-order valence-corrected chi connectivity index (χ3v) is 4.70. The van der Waals surface area contributed by atoms with Crippen molar-refractivity contribution < 1.29 is 8.85 Å². The maximum absolute atomic E-state index is 5.66. The first-order valence-electron chi connectivity index (χ1n) is 6.47. The van der Waals surface area contributed by atoms with Crippen LogP contribution in [0.3, 0.4) is 0 Å². The van der Waals surface area contributed by atoms with E-state index in [1.54, 1.807) is 0 Å². The van der Waals surface area contributed by atoms with E-state index in [2.05, 4.69) is 18.5 Å². The predicted molar refractivity (Wildman–Crippen MR) is 72.4 cm³/mol. The van der Waals surface area contributed by atoms with Crippen LogP contribution < -0.4 is 0 Å². The molecule has 0 spiro atoms. The molecule has 0 radical (unpaired) electrons. The largest absolute Gasteiger partial charge is 0.391 e. The molecule has 96 valence electrons. The lowest BCUT2D eigenvalue weighted by atomic mass is 10.2. The van der Waals surface area contributed by atoms with Gasteiger partial charge in [-0.05, 0) is 26.8 Å². The molecule has 0 heterocycles. The summed E-state index contributed by atoms with van der Waals surface area (Å²) >= 11 is 0. The molecule has 0 atom stereocenters. The van der Waals surface area contributed by atoms with E-state index in [0.29, 0.717) is 13.2 Å². The summed E-state index contributed by atoms with van der Waals surface area (Å²) in [5.74, 6) is 1.94. The molecule has 16 heavy (non-hydrogen) atoms. The molecule has 0 saturated heterocycles. The van der Waals surface area contributed by atoms with E-state index in [0.717, 1.165) is 6.54 Å². The normalized spacial score (nSPS) is 12.5. The van der Waals surface area contributed by atoms with Crippen LogP contribution in [0.2, 0.25) is 6.55 Å². The van der Waals surface area contributed by atoms with Gasteiger partial charge in [0.05, 0.1) is 0 Å². The fourth-order valence-corrected chi connectivity index (χ4v) is 3.39. The highest BCUT2D eigenvalue weighted by molar-refractivity contribution is 6.91. The zero-order valence-electron chi connectivity index (χ0n) is 11.3. The summed E-state index contributed by atoms with van der Waals surface area (Å²) in [7, 11) is -2.11. The van der Waals surface area contributed by atoms with Gasteiger partial charge in [-0.1, -0.05) is 26.2 Å². The Morgan fingerprint density at radius 3 is 2.12 bits per heavy atom. The molecule has 0 N–H and O–H groups in total. The Morgan fingerprint density at radius 2 is 1.62 bits per heavy atom. The number of unbranched alkanes of at least 4 members (excludes halogenated alkanes) is 3. The Balaban J connectivity index is 3.84. The van der Waals surface area contributed by atoms with E-state index >= 15 is 0 Å². The second kappa shape index (κ2) is 9.99.